The number of hydrogen-bond acceptors (Lipinski definition) is 7. The third kappa shape index (κ3) is 5.68. The van der Waals surface area contributed by atoms with Gasteiger partial charge in [-0.1, -0.05) is 29.8 Å². The summed E-state index contributed by atoms with van der Waals surface area (Å²) in [4.78, 5) is 20.1. The molecule has 3 aromatic rings. The van der Waals surface area contributed by atoms with Crippen molar-refractivity contribution in [3.63, 3.8) is 0 Å². The Labute approximate surface area is 226 Å². The molecule has 0 radical (unpaired) electrons. The van der Waals surface area contributed by atoms with Crippen molar-refractivity contribution in [2.24, 2.45) is 0 Å². The number of carbonyl (C=O) groups excluding carboxylic acids is 1. The molecule has 0 spiro atoms. The number of ether oxygens (including phenoxy) is 1. The summed E-state index contributed by atoms with van der Waals surface area (Å²) in [6, 6.07) is 12.6. The summed E-state index contributed by atoms with van der Waals surface area (Å²) in [6.45, 7) is 5.51. The fourth-order valence-corrected chi connectivity index (χ4v) is 7.36. The highest BCUT2D eigenvalue weighted by Crippen LogP contribution is 2.34. The number of amides is 1. The van der Waals surface area contributed by atoms with Crippen LogP contribution >= 0.6 is 22.9 Å². The molecule has 3 heterocycles. The Bertz CT molecular complexity index is 1380. The van der Waals surface area contributed by atoms with Gasteiger partial charge in [-0.3, -0.25) is 4.79 Å². The predicted molar refractivity (Wildman–Crippen MR) is 146 cm³/mol. The summed E-state index contributed by atoms with van der Waals surface area (Å²) in [5, 5.41) is 6.10. The minimum absolute atomic E-state index is 0.111. The first-order valence-corrected chi connectivity index (χ1v) is 15.0. The van der Waals surface area contributed by atoms with E-state index in [1.165, 1.54) is 21.7 Å². The Hall–Kier alpha value is -2.50. The SMILES string of the molecule is Cc1ccc(S(=O)(=O)N2CCC(c3nc(C(=O)Nc4ccccc4N4CCOCC4)cs3)CC2)cc1Cl. The van der Waals surface area contributed by atoms with Crippen molar-refractivity contribution in [2.75, 3.05) is 49.6 Å². The van der Waals surface area contributed by atoms with Crippen molar-refractivity contribution in [2.45, 2.75) is 30.6 Å². The van der Waals surface area contributed by atoms with E-state index in [9.17, 15) is 13.2 Å². The quantitative estimate of drug-likeness (QED) is 0.467. The molecule has 2 saturated heterocycles. The molecule has 1 aromatic heterocycles. The maximum absolute atomic E-state index is 13.1. The van der Waals surface area contributed by atoms with Gasteiger partial charge in [-0.25, -0.2) is 13.4 Å². The Balaban J connectivity index is 1.22. The average molecular weight is 561 g/mol. The molecule has 2 aliphatic heterocycles. The average Bonchev–Trinajstić information content (AvgIpc) is 3.42. The number of benzene rings is 2. The van der Waals surface area contributed by atoms with Crippen molar-refractivity contribution in [1.82, 2.24) is 9.29 Å². The highest BCUT2D eigenvalue weighted by molar-refractivity contribution is 7.89. The van der Waals surface area contributed by atoms with E-state index >= 15 is 0 Å². The van der Waals surface area contributed by atoms with Crippen LogP contribution in [-0.4, -0.2) is 63.0 Å². The van der Waals surface area contributed by atoms with E-state index in [0.29, 0.717) is 49.9 Å². The first kappa shape index (κ1) is 26.1. The Morgan fingerprint density at radius 2 is 1.84 bits per heavy atom. The number of rotatable bonds is 6. The lowest BCUT2D eigenvalue weighted by atomic mass is 9.99. The van der Waals surface area contributed by atoms with Gasteiger partial charge in [0.25, 0.3) is 5.91 Å². The van der Waals surface area contributed by atoms with Gasteiger partial charge >= 0.3 is 0 Å². The molecule has 1 N–H and O–H groups in total. The molecular formula is C26H29ClN4O4S2. The number of nitrogens with zero attached hydrogens (tertiary/aromatic N) is 3. The van der Waals surface area contributed by atoms with Gasteiger partial charge in [0.2, 0.25) is 10.0 Å². The summed E-state index contributed by atoms with van der Waals surface area (Å²) in [6.07, 6.45) is 1.29. The number of piperidine rings is 1. The van der Waals surface area contributed by atoms with Gasteiger partial charge in [-0.05, 0) is 49.6 Å². The predicted octanol–water partition coefficient (Wildman–Crippen LogP) is 4.76. The number of hydrogen-bond donors (Lipinski definition) is 1. The van der Waals surface area contributed by atoms with E-state index < -0.39 is 10.0 Å². The molecule has 2 fully saturated rings. The lowest BCUT2D eigenvalue weighted by Crippen LogP contribution is -2.37. The van der Waals surface area contributed by atoms with Crippen LogP contribution in [0.25, 0.3) is 0 Å². The van der Waals surface area contributed by atoms with Crippen LogP contribution in [0, 0.1) is 6.92 Å². The number of anilines is 2. The van der Waals surface area contributed by atoms with Crippen LogP contribution in [0.5, 0.6) is 0 Å². The molecule has 37 heavy (non-hydrogen) atoms. The van der Waals surface area contributed by atoms with Crippen LogP contribution in [0.15, 0.2) is 52.7 Å². The lowest BCUT2D eigenvalue weighted by Gasteiger charge is -2.30. The van der Waals surface area contributed by atoms with Crippen LogP contribution in [-0.2, 0) is 14.8 Å². The summed E-state index contributed by atoms with van der Waals surface area (Å²) in [5.74, 6) is -0.139. The zero-order valence-electron chi connectivity index (χ0n) is 20.5. The summed E-state index contributed by atoms with van der Waals surface area (Å²) < 4.78 is 33.1. The van der Waals surface area contributed by atoms with Crippen LogP contribution in [0.2, 0.25) is 5.02 Å². The molecule has 2 aromatic carbocycles. The van der Waals surface area contributed by atoms with Gasteiger partial charge in [-0.2, -0.15) is 4.31 Å². The van der Waals surface area contributed by atoms with Gasteiger partial charge in [0.1, 0.15) is 5.69 Å². The maximum atomic E-state index is 13.1. The molecule has 2 aliphatic rings. The van der Waals surface area contributed by atoms with E-state index in [4.69, 9.17) is 16.3 Å². The van der Waals surface area contributed by atoms with Gasteiger partial charge < -0.3 is 15.0 Å². The van der Waals surface area contributed by atoms with Crippen LogP contribution in [0.1, 0.15) is 39.8 Å². The second-order valence-corrected chi connectivity index (χ2v) is 12.5. The molecule has 0 saturated carbocycles. The molecule has 0 aliphatic carbocycles. The Morgan fingerprint density at radius 3 is 2.57 bits per heavy atom. The second kappa shape index (κ2) is 11.1. The molecule has 196 valence electrons. The number of aromatic nitrogens is 1. The van der Waals surface area contributed by atoms with Gasteiger partial charge in [-0.15, -0.1) is 11.3 Å². The highest BCUT2D eigenvalue weighted by Gasteiger charge is 2.31. The molecule has 0 atom stereocenters. The van der Waals surface area contributed by atoms with Crippen LogP contribution in [0.4, 0.5) is 11.4 Å². The zero-order chi connectivity index (χ0) is 26.0. The maximum Gasteiger partial charge on any atom is 0.275 e. The van der Waals surface area contributed by atoms with Gasteiger partial charge in [0, 0.05) is 42.5 Å². The number of morpholine rings is 1. The Morgan fingerprint density at radius 1 is 1.11 bits per heavy atom. The number of carbonyl (C=O) groups is 1. The number of nitrogens with one attached hydrogen (secondary N) is 1. The largest absolute Gasteiger partial charge is 0.378 e. The van der Waals surface area contributed by atoms with Crippen molar-refractivity contribution in [3.05, 3.63) is 69.1 Å². The summed E-state index contributed by atoms with van der Waals surface area (Å²) >= 11 is 7.61. The monoisotopic (exact) mass is 560 g/mol. The molecule has 11 heteroatoms. The zero-order valence-corrected chi connectivity index (χ0v) is 22.9. The first-order valence-electron chi connectivity index (χ1n) is 12.3. The van der Waals surface area contributed by atoms with E-state index in [1.807, 2.05) is 31.2 Å². The number of thiazole rings is 1. The van der Waals surface area contributed by atoms with Crippen molar-refractivity contribution in [1.29, 1.82) is 0 Å². The second-order valence-electron chi connectivity index (χ2n) is 9.23. The standard InChI is InChI=1S/C26H29ClN4O4S2/c1-18-6-7-20(16-21(18)27)37(33,34)31-10-8-19(9-11-31)26-29-23(17-36-26)25(32)28-22-4-2-3-5-24(22)30-12-14-35-15-13-30/h2-7,16-17,19H,8-15H2,1H3,(H,28,32). The summed E-state index contributed by atoms with van der Waals surface area (Å²) in [5.41, 5.74) is 2.94. The summed E-state index contributed by atoms with van der Waals surface area (Å²) in [7, 11) is -3.61. The fraction of sp³-hybridized carbons (Fsp3) is 0.385. The van der Waals surface area contributed by atoms with Gasteiger partial charge in [0.15, 0.2) is 0 Å². The minimum Gasteiger partial charge on any atom is -0.378 e. The number of para-hydroxylation sites is 2. The number of aryl methyl sites for hydroxylation is 1. The van der Waals surface area contributed by atoms with Crippen molar-refractivity contribution < 1.29 is 17.9 Å². The topological polar surface area (TPSA) is 91.8 Å². The van der Waals surface area contributed by atoms with Crippen molar-refractivity contribution >= 4 is 50.2 Å². The third-order valence-corrected chi connectivity index (χ3v) is 10.2. The smallest absolute Gasteiger partial charge is 0.275 e. The minimum atomic E-state index is -3.61. The molecule has 8 nitrogen and oxygen atoms in total. The number of halogens is 1. The van der Waals surface area contributed by atoms with E-state index in [0.717, 1.165) is 35.0 Å². The van der Waals surface area contributed by atoms with Gasteiger partial charge in [0.05, 0.1) is 34.5 Å². The van der Waals surface area contributed by atoms with E-state index in [2.05, 4.69) is 15.2 Å². The van der Waals surface area contributed by atoms with Crippen LogP contribution in [0.3, 0.4) is 0 Å². The third-order valence-electron chi connectivity index (χ3n) is 6.84. The molecule has 0 unspecified atom stereocenters. The van der Waals surface area contributed by atoms with E-state index in [1.54, 1.807) is 17.5 Å². The molecule has 0 bridgehead atoms. The van der Waals surface area contributed by atoms with E-state index in [-0.39, 0.29) is 16.7 Å². The normalized spacial score (nSPS) is 17.6. The fourth-order valence-electron chi connectivity index (χ4n) is 4.65. The lowest BCUT2D eigenvalue weighted by molar-refractivity contribution is 0.102. The van der Waals surface area contributed by atoms with Crippen LogP contribution < -0.4 is 10.2 Å². The molecule has 1 amide bonds. The number of sulfonamides is 1. The molecule has 5 rings (SSSR count). The Kier molecular flexibility index (Phi) is 7.83. The molecular weight excluding hydrogens is 532 g/mol. The highest BCUT2D eigenvalue weighted by atomic mass is 35.5. The van der Waals surface area contributed by atoms with Crippen molar-refractivity contribution in [3.8, 4) is 0 Å². The first-order chi connectivity index (χ1) is 17.8.